The number of Topliss-reactive ketones (excluding diaryl/α,β-unsaturated/α-hetero) is 1. The number of hydrogen-bond acceptors (Lipinski definition) is 8. The average molecular weight is 469 g/mol. The molecule has 1 heterocycles. The van der Waals surface area contributed by atoms with E-state index < -0.39 is 42.1 Å². The number of rotatable bonds is 14. The van der Waals surface area contributed by atoms with Crippen LogP contribution in [-0.4, -0.2) is 86.0 Å². The lowest BCUT2D eigenvalue weighted by molar-refractivity contribution is -0.131. The Morgan fingerprint density at radius 2 is 1.48 bits per heavy atom. The second-order valence-electron chi connectivity index (χ2n) is 7.47. The molecule has 6 amide bonds. The van der Waals surface area contributed by atoms with Gasteiger partial charge in [-0.25, -0.2) is 0 Å². The minimum Gasteiger partial charge on any atom is -0.370 e. The van der Waals surface area contributed by atoms with Crippen molar-refractivity contribution in [2.45, 2.75) is 44.7 Å². The van der Waals surface area contributed by atoms with Crippen LogP contribution in [0.1, 0.15) is 32.6 Å². The van der Waals surface area contributed by atoms with Crippen molar-refractivity contribution in [1.82, 2.24) is 31.9 Å². The number of ketones is 1. The molecule has 1 saturated heterocycles. The molecule has 33 heavy (non-hydrogen) atoms. The lowest BCUT2D eigenvalue weighted by atomic mass is 10.1. The molecule has 8 N–H and O–H groups in total. The number of nitrogens with two attached hydrogens (primary N) is 1. The fraction of sp³-hybridized carbons (Fsp3) is 0.632. The zero-order valence-electron chi connectivity index (χ0n) is 18.5. The van der Waals surface area contributed by atoms with Crippen LogP contribution in [0.3, 0.4) is 0 Å². The highest BCUT2D eigenvalue weighted by molar-refractivity contribution is 5.93. The van der Waals surface area contributed by atoms with Crippen LogP contribution in [-0.2, 0) is 33.6 Å². The van der Waals surface area contributed by atoms with E-state index in [1.54, 1.807) is 0 Å². The summed E-state index contributed by atoms with van der Waals surface area (Å²) in [5.41, 5.74) is 5.10. The Labute approximate surface area is 190 Å². The molecule has 0 aromatic rings. The zero-order valence-corrected chi connectivity index (χ0v) is 18.5. The highest BCUT2D eigenvalue weighted by Gasteiger charge is 2.24. The van der Waals surface area contributed by atoms with Crippen molar-refractivity contribution in [2.75, 3.05) is 32.7 Å². The number of hydrogen-bond donors (Lipinski definition) is 7. The monoisotopic (exact) mass is 469 g/mol. The van der Waals surface area contributed by atoms with E-state index in [0.717, 1.165) is 13.0 Å². The number of carbonyl (C=O) groups excluding carboxylic acids is 7. The minimum atomic E-state index is -1.17. The van der Waals surface area contributed by atoms with E-state index in [4.69, 9.17) is 5.73 Å². The number of nitrogens with one attached hydrogen (secondary N) is 6. The summed E-state index contributed by atoms with van der Waals surface area (Å²) < 4.78 is 0. The summed E-state index contributed by atoms with van der Waals surface area (Å²) in [5.74, 6) is -3.92. The molecule has 14 nitrogen and oxygen atoms in total. The third-order valence-electron chi connectivity index (χ3n) is 4.53. The summed E-state index contributed by atoms with van der Waals surface area (Å²) in [4.78, 5) is 81.7. The molecular weight excluding hydrogens is 438 g/mol. The molecule has 2 unspecified atom stereocenters. The van der Waals surface area contributed by atoms with Gasteiger partial charge in [0, 0.05) is 6.42 Å². The van der Waals surface area contributed by atoms with Gasteiger partial charge in [-0.15, -0.1) is 0 Å². The minimum absolute atomic E-state index is 0.111. The fourth-order valence-corrected chi connectivity index (χ4v) is 2.82. The Bertz CT molecular complexity index is 766. The molecule has 0 aliphatic carbocycles. The predicted octanol–water partition coefficient (Wildman–Crippen LogP) is -4.46. The number of amides is 6. The molecule has 0 aromatic heterocycles. The second kappa shape index (κ2) is 14.5. The highest BCUT2D eigenvalue weighted by atomic mass is 16.2. The second-order valence-corrected chi connectivity index (χ2v) is 7.47. The van der Waals surface area contributed by atoms with Crippen LogP contribution in [0.25, 0.3) is 0 Å². The molecule has 14 heteroatoms. The Hall–Kier alpha value is -3.55. The summed E-state index contributed by atoms with van der Waals surface area (Å²) in [6.45, 7) is 0.599. The van der Waals surface area contributed by atoms with Crippen molar-refractivity contribution in [3.05, 3.63) is 0 Å². The molecule has 0 spiro atoms. The van der Waals surface area contributed by atoms with Crippen LogP contribution in [0.15, 0.2) is 0 Å². The van der Waals surface area contributed by atoms with Gasteiger partial charge in [0.15, 0.2) is 0 Å². The van der Waals surface area contributed by atoms with Crippen LogP contribution in [0.4, 0.5) is 0 Å². The zero-order chi connectivity index (χ0) is 24.8. The van der Waals surface area contributed by atoms with Gasteiger partial charge in [0.05, 0.1) is 32.2 Å². The molecule has 0 saturated carbocycles. The number of carbonyl (C=O) groups is 7. The Morgan fingerprint density at radius 3 is 2.06 bits per heavy atom. The third-order valence-corrected chi connectivity index (χ3v) is 4.53. The maximum atomic E-state index is 12.4. The van der Waals surface area contributed by atoms with Gasteiger partial charge < -0.3 is 37.6 Å². The first kappa shape index (κ1) is 27.5. The molecule has 1 fully saturated rings. The molecule has 1 rings (SSSR count). The average Bonchev–Trinajstić information content (AvgIpc) is 3.30. The molecule has 184 valence electrons. The van der Waals surface area contributed by atoms with E-state index in [2.05, 4.69) is 31.9 Å². The van der Waals surface area contributed by atoms with Crippen molar-refractivity contribution in [3.63, 3.8) is 0 Å². The van der Waals surface area contributed by atoms with E-state index in [-0.39, 0.29) is 50.2 Å². The van der Waals surface area contributed by atoms with Gasteiger partial charge in [0.1, 0.15) is 11.8 Å². The van der Waals surface area contributed by atoms with Crippen LogP contribution < -0.4 is 37.6 Å². The van der Waals surface area contributed by atoms with Gasteiger partial charge >= 0.3 is 0 Å². The smallest absolute Gasteiger partial charge is 0.243 e. The Morgan fingerprint density at radius 1 is 0.879 bits per heavy atom. The topological polar surface area (TPSA) is 218 Å². The quantitative estimate of drug-likeness (QED) is 0.131. The van der Waals surface area contributed by atoms with Gasteiger partial charge in [-0.1, -0.05) is 0 Å². The van der Waals surface area contributed by atoms with Gasteiger partial charge in [-0.3, -0.25) is 33.6 Å². The molecule has 0 bridgehead atoms. The summed E-state index contributed by atoms with van der Waals surface area (Å²) >= 11 is 0. The standard InChI is InChI=1S/C19H31N7O7/c1-11(27)7-22-15(29)8-23-16(30)9-24-19(33)13(4-5-14(20)28)26-17(31)10-25-18(32)12-3-2-6-21-12/h12-13,21H,2-10H2,1H3,(H2,20,28)(H,22,29)(H,23,30)(H,24,33)(H,25,32)(H,26,31). The van der Waals surface area contributed by atoms with Crippen molar-refractivity contribution >= 4 is 41.2 Å². The van der Waals surface area contributed by atoms with Crippen molar-refractivity contribution in [2.24, 2.45) is 5.73 Å². The first-order chi connectivity index (χ1) is 15.6. The molecular formula is C19H31N7O7. The van der Waals surface area contributed by atoms with Crippen molar-refractivity contribution < 1.29 is 33.6 Å². The predicted molar refractivity (Wildman–Crippen MR) is 114 cm³/mol. The van der Waals surface area contributed by atoms with Gasteiger partial charge in [0.2, 0.25) is 35.4 Å². The maximum Gasteiger partial charge on any atom is 0.243 e. The molecule has 0 radical (unpaired) electrons. The summed E-state index contributed by atoms with van der Waals surface area (Å²) in [7, 11) is 0. The Kier molecular flexibility index (Phi) is 12.1. The molecule has 1 aliphatic heterocycles. The van der Waals surface area contributed by atoms with Gasteiger partial charge in [0.25, 0.3) is 0 Å². The summed E-state index contributed by atoms with van der Waals surface area (Å²) in [5, 5.41) is 14.7. The van der Waals surface area contributed by atoms with Crippen LogP contribution in [0.2, 0.25) is 0 Å². The van der Waals surface area contributed by atoms with Crippen molar-refractivity contribution in [3.8, 4) is 0 Å². The lowest BCUT2D eigenvalue weighted by Gasteiger charge is -2.18. The van der Waals surface area contributed by atoms with E-state index in [1.807, 2.05) is 0 Å². The van der Waals surface area contributed by atoms with Crippen LogP contribution in [0.5, 0.6) is 0 Å². The van der Waals surface area contributed by atoms with E-state index >= 15 is 0 Å². The van der Waals surface area contributed by atoms with E-state index in [1.165, 1.54) is 6.92 Å². The van der Waals surface area contributed by atoms with Crippen LogP contribution in [0, 0.1) is 0 Å². The van der Waals surface area contributed by atoms with Gasteiger partial charge in [-0.2, -0.15) is 0 Å². The van der Waals surface area contributed by atoms with E-state index in [9.17, 15) is 33.6 Å². The highest BCUT2D eigenvalue weighted by Crippen LogP contribution is 2.04. The molecule has 0 aromatic carbocycles. The SMILES string of the molecule is CC(=O)CNC(=O)CNC(=O)CNC(=O)C(CCC(N)=O)NC(=O)CNC(=O)C1CCCN1. The molecule has 1 aliphatic rings. The summed E-state index contributed by atoms with van der Waals surface area (Å²) in [6.07, 6.45) is 1.22. The Balaban J connectivity index is 2.46. The molecule has 2 atom stereocenters. The van der Waals surface area contributed by atoms with Crippen LogP contribution >= 0.6 is 0 Å². The first-order valence-electron chi connectivity index (χ1n) is 10.5. The van der Waals surface area contributed by atoms with Crippen molar-refractivity contribution in [1.29, 1.82) is 0 Å². The summed E-state index contributed by atoms with van der Waals surface area (Å²) in [6, 6.07) is -1.53. The van der Waals surface area contributed by atoms with E-state index in [0.29, 0.717) is 6.42 Å². The maximum absolute atomic E-state index is 12.4. The first-order valence-corrected chi connectivity index (χ1v) is 10.5. The fourth-order valence-electron chi connectivity index (χ4n) is 2.82. The lowest BCUT2D eigenvalue weighted by Crippen LogP contribution is -2.52. The normalized spacial score (nSPS) is 15.6. The largest absolute Gasteiger partial charge is 0.370 e. The van der Waals surface area contributed by atoms with Gasteiger partial charge in [-0.05, 0) is 32.7 Å². The number of primary amides is 1. The third kappa shape index (κ3) is 12.2.